The molecule has 1 atom stereocenters. The molecule has 2 aromatic rings. The van der Waals surface area contributed by atoms with Gasteiger partial charge in [0, 0.05) is 16.3 Å². The number of rotatable bonds is 6. The van der Waals surface area contributed by atoms with Gasteiger partial charge in [0.25, 0.3) is 5.91 Å². The molecule has 2 N–H and O–H groups in total. The molecule has 1 aliphatic heterocycles. The third-order valence-electron chi connectivity index (χ3n) is 5.25. The van der Waals surface area contributed by atoms with Crippen molar-refractivity contribution in [3.05, 3.63) is 64.2 Å². The number of hydrogen-bond acceptors (Lipinski definition) is 3. The van der Waals surface area contributed by atoms with Crippen LogP contribution in [0.15, 0.2) is 42.5 Å². The number of hydrogen-bond donors (Lipinski definition) is 2. The number of aryl methyl sites for hydroxylation is 2. The fraction of sp³-hybridized carbons (Fsp3) is 0.318. The van der Waals surface area contributed by atoms with Gasteiger partial charge in [-0.3, -0.25) is 14.5 Å². The zero-order valence-corrected chi connectivity index (χ0v) is 17.5. The van der Waals surface area contributed by atoms with Crippen molar-refractivity contribution in [2.24, 2.45) is 0 Å². The molecule has 0 aliphatic carbocycles. The number of carbonyl (C=O) groups excluding carboxylic acids is 3. The van der Waals surface area contributed by atoms with Crippen LogP contribution in [0.2, 0.25) is 5.02 Å². The molecule has 7 heteroatoms. The minimum atomic E-state index is -1.31. The van der Waals surface area contributed by atoms with E-state index in [4.69, 9.17) is 11.6 Å². The van der Waals surface area contributed by atoms with Crippen LogP contribution < -0.4 is 10.6 Å². The molecule has 0 unspecified atom stereocenters. The Kier molecular flexibility index (Phi) is 5.94. The monoisotopic (exact) mass is 413 g/mol. The zero-order valence-electron chi connectivity index (χ0n) is 16.7. The molecule has 4 amide bonds. The molecule has 0 saturated carbocycles. The second kappa shape index (κ2) is 8.25. The van der Waals surface area contributed by atoms with E-state index in [-0.39, 0.29) is 6.54 Å². The second-order valence-corrected chi connectivity index (χ2v) is 7.54. The van der Waals surface area contributed by atoms with Crippen LogP contribution in [0.1, 0.15) is 37.5 Å². The summed E-state index contributed by atoms with van der Waals surface area (Å²) in [4.78, 5) is 39.1. The number of amides is 4. The van der Waals surface area contributed by atoms with E-state index in [1.54, 1.807) is 31.2 Å². The molecule has 6 nitrogen and oxygen atoms in total. The summed E-state index contributed by atoms with van der Waals surface area (Å²) in [6, 6.07) is 12.1. The summed E-state index contributed by atoms with van der Waals surface area (Å²) in [5, 5.41) is 5.94. The van der Waals surface area contributed by atoms with Crippen LogP contribution in [-0.2, 0) is 28.0 Å². The Hall–Kier alpha value is -2.86. The van der Waals surface area contributed by atoms with Crippen molar-refractivity contribution in [2.45, 2.75) is 39.2 Å². The van der Waals surface area contributed by atoms with Crippen molar-refractivity contribution >= 4 is 35.1 Å². The predicted molar refractivity (Wildman–Crippen MR) is 113 cm³/mol. The van der Waals surface area contributed by atoms with Crippen molar-refractivity contribution in [3.8, 4) is 0 Å². The van der Waals surface area contributed by atoms with Gasteiger partial charge < -0.3 is 10.6 Å². The molecule has 0 radical (unpaired) electrons. The quantitative estimate of drug-likeness (QED) is 0.705. The SMILES string of the molecule is CCc1cccc(CC)c1NC(=O)CN1C(=O)N[C@](C)(c2ccccc2Cl)C1=O. The summed E-state index contributed by atoms with van der Waals surface area (Å²) in [6.45, 7) is 5.24. The predicted octanol–water partition coefficient (Wildman–Crippen LogP) is 3.87. The maximum atomic E-state index is 13.0. The molecule has 3 rings (SSSR count). The molecule has 1 fully saturated rings. The molecule has 1 saturated heterocycles. The molecule has 29 heavy (non-hydrogen) atoms. The molecule has 1 heterocycles. The average Bonchev–Trinajstić information content (AvgIpc) is 2.92. The Bertz CT molecular complexity index is 953. The fourth-order valence-corrected chi connectivity index (χ4v) is 3.94. The summed E-state index contributed by atoms with van der Waals surface area (Å²) < 4.78 is 0. The number of halogens is 1. The Balaban J connectivity index is 1.81. The summed E-state index contributed by atoms with van der Waals surface area (Å²) >= 11 is 6.23. The molecule has 152 valence electrons. The lowest BCUT2D eigenvalue weighted by atomic mass is 9.92. The third-order valence-corrected chi connectivity index (χ3v) is 5.58. The van der Waals surface area contributed by atoms with Gasteiger partial charge in [0.2, 0.25) is 5.91 Å². The van der Waals surface area contributed by atoms with Gasteiger partial charge in [0.15, 0.2) is 0 Å². The standard InChI is InChI=1S/C22H24ClN3O3/c1-4-14-9-8-10-15(5-2)19(14)24-18(27)13-26-20(28)22(3,25-21(26)29)16-11-6-7-12-17(16)23/h6-12H,4-5,13H2,1-3H3,(H,24,27)(H,25,29)/t22-/m1/s1. The Morgan fingerprint density at radius 3 is 2.28 bits per heavy atom. The van der Waals surface area contributed by atoms with Crippen molar-refractivity contribution in [1.82, 2.24) is 10.2 Å². The van der Waals surface area contributed by atoms with Crippen molar-refractivity contribution in [2.75, 3.05) is 11.9 Å². The van der Waals surface area contributed by atoms with Crippen molar-refractivity contribution in [3.63, 3.8) is 0 Å². The van der Waals surface area contributed by atoms with Crippen LogP contribution in [0.4, 0.5) is 10.5 Å². The Morgan fingerprint density at radius 2 is 1.69 bits per heavy atom. The molecule has 2 aromatic carbocycles. The normalized spacial score (nSPS) is 18.7. The van der Waals surface area contributed by atoms with E-state index in [2.05, 4.69) is 10.6 Å². The van der Waals surface area contributed by atoms with E-state index < -0.39 is 23.4 Å². The number of benzene rings is 2. The summed E-state index contributed by atoms with van der Waals surface area (Å²) in [5.41, 5.74) is 1.95. The maximum absolute atomic E-state index is 13.0. The van der Waals surface area contributed by atoms with Crippen LogP contribution in [0, 0.1) is 0 Å². The topological polar surface area (TPSA) is 78.5 Å². The smallest absolute Gasteiger partial charge is 0.324 e. The average molecular weight is 414 g/mol. The van der Waals surface area contributed by atoms with E-state index in [1.165, 1.54) is 0 Å². The van der Waals surface area contributed by atoms with Gasteiger partial charge in [-0.2, -0.15) is 0 Å². The van der Waals surface area contributed by atoms with Gasteiger partial charge in [-0.1, -0.05) is 61.8 Å². The molecule has 1 aliphatic rings. The largest absolute Gasteiger partial charge is 0.325 e. The molecule has 0 aromatic heterocycles. The summed E-state index contributed by atoms with van der Waals surface area (Å²) in [7, 11) is 0. The highest BCUT2D eigenvalue weighted by molar-refractivity contribution is 6.32. The number of nitrogens with zero attached hydrogens (tertiary/aromatic N) is 1. The molecule has 0 spiro atoms. The van der Waals surface area contributed by atoms with Crippen LogP contribution in [0.3, 0.4) is 0 Å². The maximum Gasteiger partial charge on any atom is 0.325 e. The minimum absolute atomic E-state index is 0.369. The van der Waals surface area contributed by atoms with Gasteiger partial charge in [0.05, 0.1) is 0 Å². The van der Waals surface area contributed by atoms with E-state index in [0.29, 0.717) is 10.6 Å². The first-order chi connectivity index (χ1) is 13.8. The summed E-state index contributed by atoms with van der Waals surface area (Å²) in [5.74, 6) is -0.933. The first-order valence-corrected chi connectivity index (χ1v) is 9.99. The van der Waals surface area contributed by atoms with Gasteiger partial charge >= 0.3 is 6.03 Å². The number of imide groups is 1. The molecular weight excluding hydrogens is 390 g/mol. The lowest BCUT2D eigenvalue weighted by Gasteiger charge is -2.23. The Morgan fingerprint density at radius 1 is 1.07 bits per heavy atom. The van der Waals surface area contributed by atoms with Gasteiger partial charge in [-0.25, -0.2) is 4.79 Å². The number of urea groups is 1. The van der Waals surface area contributed by atoms with Gasteiger partial charge in [0.1, 0.15) is 12.1 Å². The van der Waals surface area contributed by atoms with Crippen LogP contribution in [0.25, 0.3) is 0 Å². The molecule has 0 bridgehead atoms. The van der Waals surface area contributed by atoms with E-state index >= 15 is 0 Å². The number of carbonyl (C=O) groups is 3. The number of para-hydroxylation sites is 1. The van der Waals surface area contributed by atoms with E-state index in [1.807, 2.05) is 32.0 Å². The van der Waals surface area contributed by atoms with Crippen LogP contribution >= 0.6 is 11.6 Å². The number of nitrogens with one attached hydrogen (secondary N) is 2. The van der Waals surface area contributed by atoms with Crippen LogP contribution in [0.5, 0.6) is 0 Å². The number of anilines is 1. The summed E-state index contributed by atoms with van der Waals surface area (Å²) in [6.07, 6.45) is 1.52. The lowest BCUT2D eigenvalue weighted by Crippen LogP contribution is -2.42. The third kappa shape index (κ3) is 3.85. The van der Waals surface area contributed by atoms with Crippen molar-refractivity contribution in [1.29, 1.82) is 0 Å². The highest BCUT2D eigenvalue weighted by Gasteiger charge is 2.50. The lowest BCUT2D eigenvalue weighted by molar-refractivity contribution is -0.133. The van der Waals surface area contributed by atoms with Crippen molar-refractivity contribution < 1.29 is 14.4 Å². The first kappa shape index (κ1) is 20.9. The second-order valence-electron chi connectivity index (χ2n) is 7.13. The Labute approximate surface area is 175 Å². The fourth-order valence-electron chi connectivity index (χ4n) is 3.62. The van der Waals surface area contributed by atoms with E-state index in [0.717, 1.165) is 34.6 Å². The zero-order chi connectivity index (χ0) is 21.2. The van der Waals surface area contributed by atoms with Gasteiger partial charge in [-0.15, -0.1) is 0 Å². The first-order valence-electron chi connectivity index (χ1n) is 9.61. The highest BCUT2D eigenvalue weighted by atomic mass is 35.5. The minimum Gasteiger partial charge on any atom is -0.324 e. The van der Waals surface area contributed by atoms with Crippen LogP contribution in [-0.4, -0.2) is 29.3 Å². The van der Waals surface area contributed by atoms with E-state index in [9.17, 15) is 14.4 Å². The highest BCUT2D eigenvalue weighted by Crippen LogP contribution is 2.33. The van der Waals surface area contributed by atoms with Gasteiger partial charge in [-0.05, 0) is 37.0 Å². The molecular formula is C22H24ClN3O3.